The van der Waals surface area contributed by atoms with Crippen molar-refractivity contribution in [1.82, 2.24) is 16.0 Å². The summed E-state index contributed by atoms with van der Waals surface area (Å²) in [4.78, 5) is 48.2. The van der Waals surface area contributed by atoms with Crippen molar-refractivity contribution in [2.45, 2.75) is 45.0 Å². The summed E-state index contributed by atoms with van der Waals surface area (Å²) in [7, 11) is 0. The Hall–Kier alpha value is -3.88. The smallest absolute Gasteiger partial charge is 0.408 e. The lowest BCUT2D eigenvalue weighted by atomic mass is 10.1. The maximum Gasteiger partial charge on any atom is 0.408 e. The number of hydrogen-bond acceptors (Lipinski definition) is 5. The van der Waals surface area contributed by atoms with E-state index >= 15 is 0 Å². The molecule has 0 aliphatic carbocycles. The van der Waals surface area contributed by atoms with Crippen LogP contribution in [0.4, 0.5) is 4.79 Å². The maximum atomic E-state index is 12.8. The topological polar surface area (TPSA) is 134 Å². The molecule has 2 aromatic carbocycles. The van der Waals surface area contributed by atoms with E-state index in [0.717, 1.165) is 11.1 Å². The van der Waals surface area contributed by atoms with Crippen LogP contribution in [0.3, 0.4) is 0 Å². The highest BCUT2D eigenvalue weighted by Crippen LogP contribution is 2.06. The number of benzene rings is 2. The molecule has 9 heteroatoms. The molecule has 0 spiro atoms. The fourth-order valence-electron chi connectivity index (χ4n) is 2.75. The molecule has 32 heavy (non-hydrogen) atoms. The number of ether oxygens (including phenoxy) is 1. The van der Waals surface area contributed by atoms with E-state index in [0.29, 0.717) is 0 Å². The SMILES string of the molecule is C[C@H](NC(=O)[C@H](C)NC(=O)[C@H](Cc1ccccc1)NC(=O)OCc1ccccc1)C(=O)O. The summed E-state index contributed by atoms with van der Waals surface area (Å²) < 4.78 is 5.20. The van der Waals surface area contributed by atoms with Crippen molar-refractivity contribution in [3.63, 3.8) is 0 Å². The zero-order valence-electron chi connectivity index (χ0n) is 17.9. The first-order chi connectivity index (χ1) is 15.3. The van der Waals surface area contributed by atoms with E-state index in [-0.39, 0.29) is 13.0 Å². The molecule has 3 amide bonds. The third-order valence-corrected chi connectivity index (χ3v) is 4.59. The van der Waals surface area contributed by atoms with Gasteiger partial charge in [0, 0.05) is 6.42 Å². The van der Waals surface area contributed by atoms with E-state index in [1.54, 1.807) is 24.3 Å². The fourth-order valence-corrected chi connectivity index (χ4v) is 2.75. The summed E-state index contributed by atoms with van der Waals surface area (Å²) in [5.41, 5.74) is 1.59. The number of hydrogen-bond donors (Lipinski definition) is 4. The Balaban J connectivity index is 2.01. The number of amides is 3. The summed E-state index contributed by atoms with van der Waals surface area (Å²) in [5, 5.41) is 16.3. The highest BCUT2D eigenvalue weighted by atomic mass is 16.5. The molecule has 0 saturated heterocycles. The van der Waals surface area contributed by atoms with E-state index in [2.05, 4.69) is 16.0 Å². The van der Waals surface area contributed by atoms with Gasteiger partial charge in [-0.25, -0.2) is 4.79 Å². The molecular formula is C23H27N3O6. The molecule has 0 radical (unpaired) electrons. The summed E-state index contributed by atoms with van der Waals surface area (Å²) in [5.74, 6) is -2.45. The number of aliphatic carboxylic acids is 1. The number of nitrogens with one attached hydrogen (secondary N) is 3. The first-order valence-electron chi connectivity index (χ1n) is 10.1. The van der Waals surface area contributed by atoms with E-state index in [9.17, 15) is 19.2 Å². The van der Waals surface area contributed by atoms with Gasteiger partial charge in [-0.1, -0.05) is 60.7 Å². The summed E-state index contributed by atoms with van der Waals surface area (Å²) in [6.45, 7) is 2.78. The second kappa shape index (κ2) is 12.1. The molecule has 2 aromatic rings. The van der Waals surface area contributed by atoms with Crippen LogP contribution in [0, 0.1) is 0 Å². The van der Waals surface area contributed by atoms with Crippen molar-refractivity contribution < 1.29 is 29.0 Å². The van der Waals surface area contributed by atoms with Crippen LogP contribution < -0.4 is 16.0 Å². The number of carboxylic acids is 1. The molecule has 170 valence electrons. The van der Waals surface area contributed by atoms with Gasteiger partial charge >= 0.3 is 12.1 Å². The Labute approximate surface area is 186 Å². The van der Waals surface area contributed by atoms with Crippen LogP contribution in [-0.4, -0.2) is 47.1 Å². The molecule has 0 heterocycles. The third kappa shape index (κ3) is 8.10. The largest absolute Gasteiger partial charge is 0.480 e. The first kappa shape index (κ1) is 24.4. The predicted molar refractivity (Wildman–Crippen MR) is 117 cm³/mol. The summed E-state index contributed by atoms with van der Waals surface area (Å²) in [6.07, 6.45) is -0.603. The van der Waals surface area contributed by atoms with Gasteiger partial charge in [-0.3, -0.25) is 14.4 Å². The van der Waals surface area contributed by atoms with E-state index in [4.69, 9.17) is 9.84 Å². The minimum absolute atomic E-state index is 0.0399. The van der Waals surface area contributed by atoms with Gasteiger partial charge in [0.25, 0.3) is 0 Å². The molecule has 0 aliphatic rings. The zero-order valence-corrected chi connectivity index (χ0v) is 17.9. The van der Waals surface area contributed by atoms with Gasteiger partial charge in [-0.05, 0) is 25.0 Å². The maximum absolute atomic E-state index is 12.8. The van der Waals surface area contributed by atoms with Crippen molar-refractivity contribution in [2.75, 3.05) is 0 Å². The summed E-state index contributed by atoms with van der Waals surface area (Å²) >= 11 is 0. The Kier molecular flexibility index (Phi) is 9.22. The molecule has 0 aromatic heterocycles. The number of carbonyl (C=O) groups is 4. The molecular weight excluding hydrogens is 414 g/mol. The average molecular weight is 441 g/mol. The van der Waals surface area contributed by atoms with Crippen LogP contribution in [0.15, 0.2) is 60.7 Å². The molecule has 0 aliphatic heterocycles. The lowest BCUT2D eigenvalue weighted by Gasteiger charge is -2.22. The normalized spacial score (nSPS) is 13.2. The minimum Gasteiger partial charge on any atom is -0.480 e. The molecule has 2 rings (SSSR count). The quantitative estimate of drug-likeness (QED) is 0.443. The molecule has 9 nitrogen and oxygen atoms in total. The molecule has 0 unspecified atom stereocenters. The Bertz CT molecular complexity index is 920. The van der Waals surface area contributed by atoms with Crippen molar-refractivity contribution in [2.24, 2.45) is 0 Å². The number of carboxylic acid groups (broad SMARTS) is 1. The highest BCUT2D eigenvalue weighted by Gasteiger charge is 2.26. The number of rotatable bonds is 10. The monoisotopic (exact) mass is 441 g/mol. The molecule has 0 fully saturated rings. The lowest BCUT2D eigenvalue weighted by molar-refractivity contribution is -0.141. The number of alkyl carbamates (subject to hydrolysis) is 1. The van der Waals surface area contributed by atoms with Gasteiger partial charge in [0.15, 0.2) is 0 Å². The summed E-state index contributed by atoms with van der Waals surface area (Å²) in [6, 6.07) is 15.0. The van der Waals surface area contributed by atoms with E-state index < -0.39 is 42.0 Å². The van der Waals surface area contributed by atoms with Gasteiger partial charge < -0.3 is 25.8 Å². The van der Waals surface area contributed by atoms with Crippen molar-refractivity contribution in [3.05, 3.63) is 71.8 Å². The molecule has 4 N–H and O–H groups in total. The van der Waals surface area contributed by atoms with E-state index in [1.807, 2.05) is 36.4 Å². The average Bonchev–Trinajstić information content (AvgIpc) is 2.78. The molecule has 0 bridgehead atoms. The van der Waals surface area contributed by atoms with Gasteiger partial charge in [0.05, 0.1) is 0 Å². The van der Waals surface area contributed by atoms with Gasteiger partial charge in [0.1, 0.15) is 24.7 Å². The molecule has 3 atom stereocenters. The van der Waals surface area contributed by atoms with Crippen LogP contribution in [0.5, 0.6) is 0 Å². The lowest BCUT2D eigenvalue weighted by Crippen LogP contribution is -2.55. The van der Waals surface area contributed by atoms with Gasteiger partial charge in [0.2, 0.25) is 11.8 Å². The third-order valence-electron chi connectivity index (χ3n) is 4.59. The minimum atomic E-state index is -1.19. The fraction of sp³-hybridized carbons (Fsp3) is 0.304. The Morgan fingerprint density at radius 2 is 1.31 bits per heavy atom. The standard InChI is InChI=1S/C23H27N3O6/c1-15(20(27)25-16(2)22(29)30)24-21(28)19(13-17-9-5-3-6-10-17)26-23(31)32-14-18-11-7-4-8-12-18/h3-12,15-16,19H,13-14H2,1-2H3,(H,24,28)(H,25,27)(H,26,31)(H,29,30)/t15-,16-,19-/m0/s1. The Morgan fingerprint density at radius 3 is 1.88 bits per heavy atom. The number of carbonyl (C=O) groups excluding carboxylic acids is 3. The highest BCUT2D eigenvalue weighted by molar-refractivity contribution is 5.92. The van der Waals surface area contributed by atoms with Gasteiger partial charge in [-0.2, -0.15) is 0 Å². The van der Waals surface area contributed by atoms with E-state index in [1.165, 1.54) is 13.8 Å². The van der Waals surface area contributed by atoms with Crippen LogP contribution in [0.25, 0.3) is 0 Å². The first-order valence-corrected chi connectivity index (χ1v) is 10.1. The van der Waals surface area contributed by atoms with Crippen LogP contribution in [0.1, 0.15) is 25.0 Å². The second-order valence-corrected chi connectivity index (χ2v) is 7.25. The van der Waals surface area contributed by atoms with Crippen molar-refractivity contribution in [1.29, 1.82) is 0 Å². The van der Waals surface area contributed by atoms with Crippen LogP contribution in [-0.2, 0) is 32.1 Å². The zero-order chi connectivity index (χ0) is 23.5. The Morgan fingerprint density at radius 1 is 0.781 bits per heavy atom. The van der Waals surface area contributed by atoms with Gasteiger partial charge in [-0.15, -0.1) is 0 Å². The molecule has 0 saturated carbocycles. The second-order valence-electron chi connectivity index (χ2n) is 7.25. The van der Waals surface area contributed by atoms with Crippen LogP contribution >= 0.6 is 0 Å². The van der Waals surface area contributed by atoms with Crippen LogP contribution in [0.2, 0.25) is 0 Å². The van der Waals surface area contributed by atoms with Crippen molar-refractivity contribution in [3.8, 4) is 0 Å². The predicted octanol–water partition coefficient (Wildman–Crippen LogP) is 1.62. The van der Waals surface area contributed by atoms with Crippen molar-refractivity contribution >= 4 is 23.9 Å².